The number of pyridine rings is 1. The first-order chi connectivity index (χ1) is 9.31. The van der Waals surface area contributed by atoms with Crippen molar-refractivity contribution in [2.45, 2.75) is 0 Å². The number of benzene rings is 1. The summed E-state index contributed by atoms with van der Waals surface area (Å²) in [6.45, 7) is 0. The van der Waals surface area contributed by atoms with E-state index < -0.39 is 0 Å². The summed E-state index contributed by atoms with van der Waals surface area (Å²) in [4.78, 5) is 15.6. The van der Waals surface area contributed by atoms with Gasteiger partial charge in [-0.05, 0) is 24.3 Å². The minimum atomic E-state index is -0.306. The molecule has 2 aromatic rings. The minimum Gasteiger partial charge on any atom is -0.496 e. The molecule has 1 amide bonds. The highest BCUT2D eigenvalue weighted by Gasteiger charge is 2.03. The number of amides is 1. The molecule has 1 aromatic carbocycles. The average molecular weight is 255 g/mol. The van der Waals surface area contributed by atoms with Crippen molar-refractivity contribution >= 4 is 12.1 Å². The van der Waals surface area contributed by atoms with E-state index in [4.69, 9.17) is 4.74 Å². The van der Waals surface area contributed by atoms with Crippen LogP contribution in [0.4, 0.5) is 0 Å². The molecule has 0 spiro atoms. The molecule has 0 unspecified atom stereocenters. The van der Waals surface area contributed by atoms with E-state index in [1.54, 1.807) is 25.4 Å². The van der Waals surface area contributed by atoms with Gasteiger partial charge in [0, 0.05) is 18.0 Å². The van der Waals surface area contributed by atoms with Crippen molar-refractivity contribution in [2.75, 3.05) is 7.11 Å². The molecule has 0 fully saturated rings. The fourth-order valence-corrected chi connectivity index (χ4v) is 1.50. The third-order valence-corrected chi connectivity index (χ3v) is 2.43. The summed E-state index contributed by atoms with van der Waals surface area (Å²) < 4.78 is 5.17. The van der Waals surface area contributed by atoms with Crippen molar-refractivity contribution < 1.29 is 9.53 Å². The highest BCUT2D eigenvalue weighted by Crippen LogP contribution is 2.14. The van der Waals surface area contributed by atoms with Gasteiger partial charge >= 0.3 is 0 Å². The topological polar surface area (TPSA) is 63.6 Å². The monoisotopic (exact) mass is 255 g/mol. The van der Waals surface area contributed by atoms with Gasteiger partial charge in [0.25, 0.3) is 5.91 Å². The van der Waals surface area contributed by atoms with Crippen LogP contribution < -0.4 is 10.2 Å². The second-order valence-corrected chi connectivity index (χ2v) is 3.68. The molecular formula is C14H13N3O2. The minimum absolute atomic E-state index is 0.306. The molecule has 1 heterocycles. The zero-order chi connectivity index (χ0) is 13.5. The van der Waals surface area contributed by atoms with Crippen LogP contribution in [0.1, 0.15) is 15.9 Å². The maximum Gasteiger partial charge on any atom is 0.272 e. The van der Waals surface area contributed by atoms with Crippen LogP contribution in [0.3, 0.4) is 0 Å². The lowest BCUT2D eigenvalue weighted by Crippen LogP contribution is -2.17. The van der Waals surface area contributed by atoms with Crippen LogP contribution >= 0.6 is 0 Å². The lowest BCUT2D eigenvalue weighted by Gasteiger charge is -2.03. The van der Waals surface area contributed by atoms with Crippen LogP contribution in [0.5, 0.6) is 5.75 Å². The maximum atomic E-state index is 11.7. The molecule has 5 heteroatoms. The van der Waals surface area contributed by atoms with Crippen molar-refractivity contribution in [1.29, 1.82) is 0 Å². The lowest BCUT2D eigenvalue weighted by molar-refractivity contribution is 0.0955. The van der Waals surface area contributed by atoms with Crippen LogP contribution in [0.2, 0.25) is 0 Å². The first kappa shape index (κ1) is 12.8. The van der Waals surface area contributed by atoms with E-state index in [2.05, 4.69) is 15.5 Å². The first-order valence-electron chi connectivity index (χ1n) is 5.67. The number of para-hydroxylation sites is 1. The summed E-state index contributed by atoms with van der Waals surface area (Å²) in [7, 11) is 1.58. The standard InChI is InChI=1S/C14H13N3O2/c1-19-13-7-3-2-5-11(13)10-16-17-14(18)12-6-4-8-15-9-12/h2-10H,1H3,(H,17,18)/b16-10-. The Kier molecular flexibility index (Phi) is 4.23. The Hall–Kier alpha value is -2.69. The predicted molar refractivity (Wildman–Crippen MR) is 72.3 cm³/mol. The van der Waals surface area contributed by atoms with Gasteiger partial charge in [-0.25, -0.2) is 5.43 Å². The van der Waals surface area contributed by atoms with Gasteiger partial charge in [0.15, 0.2) is 0 Å². The summed E-state index contributed by atoms with van der Waals surface area (Å²) in [5.74, 6) is 0.390. The number of nitrogens with one attached hydrogen (secondary N) is 1. The number of hydrogen-bond donors (Lipinski definition) is 1. The number of ether oxygens (including phenoxy) is 1. The highest BCUT2D eigenvalue weighted by molar-refractivity contribution is 5.94. The van der Waals surface area contributed by atoms with Crippen LogP contribution in [-0.4, -0.2) is 24.2 Å². The third kappa shape index (κ3) is 3.38. The molecule has 2 rings (SSSR count). The van der Waals surface area contributed by atoms with Crippen LogP contribution in [0.25, 0.3) is 0 Å². The molecule has 0 bridgehead atoms. The first-order valence-corrected chi connectivity index (χ1v) is 5.67. The molecule has 0 saturated heterocycles. The third-order valence-electron chi connectivity index (χ3n) is 2.43. The van der Waals surface area contributed by atoms with Crippen LogP contribution in [0.15, 0.2) is 53.9 Å². The Morgan fingerprint density at radius 3 is 2.89 bits per heavy atom. The number of carbonyl (C=O) groups is 1. The number of carbonyl (C=O) groups excluding carboxylic acids is 1. The molecule has 19 heavy (non-hydrogen) atoms. The Balaban J connectivity index is 2.02. The van der Waals surface area contributed by atoms with Crippen molar-refractivity contribution in [2.24, 2.45) is 5.10 Å². The zero-order valence-electron chi connectivity index (χ0n) is 10.4. The second-order valence-electron chi connectivity index (χ2n) is 3.68. The molecule has 0 aliphatic rings. The largest absolute Gasteiger partial charge is 0.496 e. The molecule has 0 aliphatic carbocycles. The number of methoxy groups -OCH3 is 1. The smallest absolute Gasteiger partial charge is 0.272 e. The molecule has 1 N–H and O–H groups in total. The van der Waals surface area contributed by atoms with E-state index in [9.17, 15) is 4.79 Å². The van der Waals surface area contributed by atoms with Gasteiger partial charge in [-0.3, -0.25) is 9.78 Å². The van der Waals surface area contributed by atoms with Gasteiger partial charge in [0.1, 0.15) is 5.75 Å². The molecule has 0 atom stereocenters. The van der Waals surface area contributed by atoms with Crippen molar-refractivity contribution in [3.63, 3.8) is 0 Å². The van der Waals surface area contributed by atoms with E-state index in [1.165, 1.54) is 12.4 Å². The fraction of sp³-hybridized carbons (Fsp3) is 0.0714. The van der Waals surface area contributed by atoms with Gasteiger partial charge in [0.2, 0.25) is 0 Å². The molecule has 5 nitrogen and oxygen atoms in total. The summed E-state index contributed by atoms with van der Waals surface area (Å²) in [5.41, 5.74) is 3.68. The molecule has 0 aliphatic heterocycles. The predicted octanol–water partition coefficient (Wildman–Crippen LogP) is 1.85. The van der Waals surface area contributed by atoms with Gasteiger partial charge in [0.05, 0.1) is 18.9 Å². The molecule has 0 radical (unpaired) electrons. The number of nitrogens with zero attached hydrogens (tertiary/aromatic N) is 2. The molecular weight excluding hydrogens is 242 g/mol. The molecule has 1 aromatic heterocycles. The Labute approximate surface area is 110 Å². The molecule has 0 saturated carbocycles. The van der Waals surface area contributed by atoms with Gasteiger partial charge < -0.3 is 4.74 Å². The Morgan fingerprint density at radius 2 is 2.16 bits per heavy atom. The SMILES string of the molecule is COc1ccccc1/C=N\NC(=O)c1cccnc1. The average Bonchev–Trinajstić information content (AvgIpc) is 2.48. The number of hydrogen-bond acceptors (Lipinski definition) is 4. The summed E-state index contributed by atoms with van der Waals surface area (Å²) in [5, 5.41) is 3.89. The summed E-state index contributed by atoms with van der Waals surface area (Å²) in [6, 6.07) is 10.8. The van der Waals surface area contributed by atoms with E-state index in [-0.39, 0.29) is 5.91 Å². The second kappa shape index (κ2) is 6.30. The van der Waals surface area contributed by atoms with Gasteiger partial charge in [-0.2, -0.15) is 5.10 Å². The Morgan fingerprint density at radius 1 is 1.32 bits per heavy atom. The van der Waals surface area contributed by atoms with Crippen LogP contribution in [-0.2, 0) is 0 Å². The molecule has 96 valence electrons. The summed E-state index contributed by atoms with van der Waals surface area (Å²) >= 11 is 0. The van der Waals surface area contributed by atoms with Gasteiger partial charge in [-0.1, -0.05) is 12.1 Å². The van der Waals surface area contributed by atoms with Crippen molar-refractivity contribution in [3.8, 4) is 5.75 Å². The highest BCUT2D eigenvalue weighted by atomic mass is 16.5. The van der Waals surface area contributed by atoms with E-state index in [0.717, 1.165) is 5.56 Å². The van der Waals surface area contributed by atoms with E-state index in [1.807, 2.05) is 24.3 Å². The van der Waals surface area contributed by atoms with Crippen molar-refractivity contribution in [1.82, 2.24) is 10.4 Å². The quantitative estimate of drug-likeness (QED) is 0.670. The zero-order valence-corrected chi connectivity index (χ0v) is 10.4. The Bertz CT molecular complexity index is 582. The normalized spacial score (nSPS) is 10.4. The van der Waals surface area contributed by atoms with Gasteiger partial charge in [-0.15, -0.1) is 0 Å². The maximum absolute atomic E-state index is 11.7. The fourth-order valence-electron chi connectivity index (χ4n) is 1.50. The van der Waals surface area contributed by atoms with Crippen LogP contribution in [0, 0.1) is 0 Å². The van der Waals surface area contributed by atoms with E-state index in [0.29, 0.717) is 11.3 Å². The number of aromatic nitrogens is 1. The number of rotatable bonds is 4. The summed E-state index contributed by atoms with van der Waals surface area (Å²) in [6.07, 6.45) is 4.62. The van der Waals surface area contributed by atoms with E-state index >= 15 is 0 Å². The number of hydrazone groups is 1. The van der Waals surface area contributed by atoms with Crippen molar-refractivity contribution in [3.05, 3.63) is 59.9 Å². The lowest BCUT2D eigenvalue weighted by atomic mass is 10.2.